The number of H-pyrrole nitrogens is 1. The van der Waals surface area contributed by atoms with E-state index in [0.29, 0.717) is 30.5 Å². The van der Waals surface area contributed by atoms with Crippen molar-refractivity contribution in [2.75, 3.05) is 26.3 Å². The Hall–Kier alpha value is -2.09. The Morgan fingerprint density at radius 2 is 2.40 bits per heavy atom. The fourth-order valence-corrected chi connectivity index (χ4v) is 3.19. The smallest absolute Gasteiger partial charge is 0.220 e. The van der Waals surface area contributed by atoms with Crippen molar-refractivity contribution in [3.05, 3.63) is 47.5 Å². The van der Waals surface area contributed by atoms with E-state index in [-0.39, 0.29) is 13.0 Å². The Bertz CT molecular complexity index is 710. The fourth-order valence-electron chi connectivity index (χ4n) is 3.00. The summed E-state index contributed by atoms with van der Waals surface area (Å²) in [5, 5.41) is 0.590. The number of imidazole rings is 1. The number of halogens is 1. The summed E-state index contributed by atoms with van der Waals surface area (Å²) in [6, 6.07) is 7.13. The molecule has 1 saturated heterocycles. The molecule has 3 N–H and O–H groups in total. The fraction of sp³-hybridized carbons (Fsp3) is 0.412. The zero-order chi connectivity index (χ0) is 17.7. The van der Waals surface area contributed by atoms with Crippen LogP contribution in [-0.2, 0) is 16.1 Å². The standard InChI is InChI=1S/C17H21ClN4O3/c18-13-2-1-3-15(6-13)24-11-17(7-16(19)23)10-22(4-5-25-17)9-14-8-20-12-21-14/h1-3,6,8,12H,4-5,7,9-11H2,(H2,19,23)(H,20,21). The molecule has 2 heterocycles. The van der Waals surface area contributed by atoms with Gasteiger partial charge >= 0.3 is 0 Å². The molecule has 1 aliphatic heterocycles. The van der Waals surface area contributed by atoms with E-state index in [2.05, 4.69) is 14.9 Å². The third-order valence-corrected chi connectivity index (χ3v) is 4.31. The van der Waals surface area contributed by atoms with Gasteiger partial charge in [-0.3, -0.25) is 9.69 Å². The Balaban J connectivity index is 1.69. The summed E-state index contributed by atoms with van der Waals surface area (Å²) in [4.78, 5) is 20.9. The molecule has 8 heteroatoms. The predicted octanol–water partition coefficient (Wildman–Crippen LogP) is 1.59. The first-order valence-electron chi connectivity index (χ1n) is 8.05. The van der Waals surface area contributed by atoms with Crippen LogP contribution in [0.1, 0.15) is 12.1 Å². The second kappa shape index (κ2) is 7.86. The molecule has 1 amide bonds. The van der Waals surface area contributed by atoms with Gasteiger partial charge in [-0.2, -0.15) is 0 Å². The van der Waals surface area contributed by atoms with Gasteiger partial charge in [-0.05, 0) is 18.2 Å². The van der Waals surface area contributed by atoms with Crippen LogP contribution < -0.4 is 10.5 Å². The number of rotatable bonds is 7. The molecular weight excluding hydrogens is 344 g/mol. The van der Waals surface area contributed by atoms with Gasteiger partial charge in [0.25, 0.3) is 0 Å². The van der Waals surface area contributed by atoms with Crippen molar-refractivity contribution in [1.82, 2.24) is 14.9 Å². The van der Waals surface area contributed by atoms with E-state index in [9.17, 15) is 4.79 Å². The minimum absolute atomic E-state index is 0.0903. The predicted molar refractivity (Wildman–Crippen MR) is 93.3 cm³/mol. The zero-order valence-corrected chi connectivity index (χ0v) is 14.5. The Labute approximate surface area is 151 Å². The number of nitrogens with one attached hydrogen (secondary N) is 1. The summed E-state index contributed by atoms with van der Waals surface area (Å²) in [6.45, 7) is 2.71. The molecule has 0 saturated carbocycles. The summed E-state index contributed by atoms with van der Waals surface area (Å²) in [7, 11) is 0. The average molecular weight is 365 g/mol. The number of primary amides is 1. The third kappa shape index (κ3) is 4.94. The van der Waals surface area contributed by atoms with Crippen LogP contribution in [0.25, 0.3) is 0 Å². The van der Waals surface area contributed by atoms with Gasteiger partial charge in [-0.1, -0.05) is 17.7 Å². The lowest BCUT2D eigenvalue weighted by atomic mass is 9.97. The van der Waals surface area contributed by atoms with Crippen LogP contribution in [0, 0.1) is 0 Å². The molecule has 0 aliphatic carbocycles. The highest BCUT2D eigenvalue weighted by atomic mass is 35.5. The lowest BCUT2D eigenvalue weighted by Crippen LogP contribution is -2.56. The van der Waals surface area contributed by atoms with E-state index >= 15 is 0 Å². The van der Waals surface area contributed by atoms with Crippen LogP contribution in [0.15, 0.2) is 36.8 Å². The van der Waals surface area contributed by atoms with E-state index in [1.54, 1.807) is 24.7 Å². The maximum atomic E-state index is 11.6. The molecule has 1 unspecified atom stereocenters. The zero-order valence-electron chi connectivity index (χ0n) is 13.8. The second-order valence-corrected chi connectivity index (χ2v) is 6.64. The molecule has 2 aromatic rings. The van der Waals surface area contributed by atoms with Gasteiger partial charge in [0, 0.05) is 36.5 Å². The van der Waals surface area contributed by atoms with Gasteiger partial charge in [0.15, 0.2) is 0 Å². The molecule has 1 aromatic heterocycles. The van der Waals surface area contributed by atoms with Crippen LogP contribution in [0.5, 0.6) is 5.75 Å². The number of carbonyl (C=O) groups is 1. The van der Waals surface area contributed by atoms with Crippen molar-refractivity contribution < 1.29 is 14.3 Å². The largest absolute Gasteiger partial charge is 0.490 e. The van der Waals surface area contributed by atoms with Crippen LogP contribution in [0.4, 0.5) is 0 Å². The lowest BCUT2D eigenvalue weighted by Gasteiger charge is -2.41. The molecule has 0 radical (unpaired) electrons. The molecule has 0 bridgehead atoms. The Morgan fingerprint density at radius 3 is 3.12 bits per heavy atom. The SMILES string of the molecule is NC(=O)CC1(COc2cccc(Cl)c2)CN(Cc2cnc[nH]2)CCO1. The van der Waals surface area contributed by atoms with Crippen LogP contribution in [0.3, 0.4) is 0 Å². The molecule has 1 aliphatic rings. The van der Waals surface area contributed by atoms with Crippen LogP contribution in [0.2, 0.25) is 5.02 Å². The van der Waals surface area contributed by atoms with Crippen molar-refractivity contribution in [1.29, 1.82) is 0 Å². The highest BCUT2D eigenvalue weighted by Crippen LogP contribution is 2.26. The quantitative estimate of drug-likeness (QED) is 0.778. The number of nitrogens with zero attached hydrogens (tertiary/aromatic N) is 2. The maximum absolute atomic E-state index is 11.6. The number of aromatic nitrogens is 2. The maximum Gasteiger partial charge on any atom is 0.220 e. The minimum Gasteiger partial charge on any atom is -0.490 e. The number of aromatic amines is 1. The minimum atomic E-state index is -0.785. The second-order valence-electron chi connectivity index (χ2n) is 6.21. The number of nitrogens with two attached hydrogens (primary N) is 1. The molecule has 1 fully saturated rings. The Kier molecular flexibility index (Phi) is 5.57. The molecule has 7 nitrogen and oxygen atoms in total. The first-order valence-corrected chi connectivity index (χ1v) is 8.43. The lowest BCUT2D eigenvalue weighted by molar-refractivity contribution is -0.148. The van der Waals surface area contributed by atoms with Crippen molar-refractivity contribution >= 4 is 17.5 Å². The number of hydrogen-bond acceptors (Lipinski definition) is 5. The van der Waals surface area contributed by atoms with E-state index in [1.165, 1.54) is 0 Å². The summed E-state index contributed by atoms with van der Waals surface area (Å²) in [6.07, 6.45) is 3.52. The number of morpholine rings is 1. The summed E-state index contributed by atoms with van der Waals surface area (Å²) >= 11 is 5.99. The molecule has 134 valence electrons. The average Bonchev–Trinajstić information content (AvgIpc) is 3.06. The van der Waals surface area contributed by atoms with Crippen molar-refractivity contribution in [3.63, 3.8) is 0 Å². The van der Waals surface area contributed by atoms with E-state index in [1.807, 2.05) is 12.1 Å². The van der Waals surface area contributed by atoms with Gasteiger partial charge in [0.2, 0.25) is 5.91 Å². The molecule has 1 aromatic carbocycles. The molecule has 0 spiro atoms. The summed E-state index contributed by atoms with van der Waals surface area (Å²) < 4.78 is 11.8. The highest BCUT2D eigenvalue weighted by molar-refractivity contribution is 6.30. The third-order valence-electron chi connectivity index (χ3n) is 4.07. The monoisotopic (exact) mass is 364 g/mol. The van der Waals surface area contributed by atoms with E-state index in [4.69, 9.17) is 26.8 Å². The van der Waals surface area contributed by atoms with Crippen molar-refractivity contribution in [2.24, 2.45) is 5.73 Å². The van der Waals surface area contributed by atoms with Gasteiger partial charge in [0.1, 0.15) is 18.0 Å². The van der Waals surface area contributed by atoms with Crippen molar-refractivity contribution in [2.45, 2.75) is 18.6 Å². The molecular formula is C17H21ClN4O3. The normalized spacial score (nSPS) is 21.2. The number of carbonyl (C=O) groups excluding carboxylic acids is 1. The van der Waals surface area contributed by atoms with Gasteiger partial charge in [-0.15, -0.1) is 0 Å². The Morgan fingerprint density at radius 1 is 1.52 bits per heavy atom. The first kappa shape index (κ1) is 17.7. The number of ether oxygens (including phenoxy) is 2. The number of benzene rings is 1. The van der Waals surface area contributed by atoms with Crippen LogP contribution in [-0.4, -0.2) is 52.7 Å². The van der Waals surface area contributed by atoms with E-state index < -0.39 is 11.5 Å². The number of amides is 1. The molecule has 25 heavy (non-hydrogen) atoms. The van der Waals surface area contributed by atoms with E-state index in [0.717, 1.165) is 12.2 Å². The molecule has 3 rings (SSSR count). The summed E-state index contributed by atoms with van der Waals surface area (Å²) in [5.41, 5.74) is 5.67. The topological polar surface area (TPSA) is 93.5 Å². The van der Waals surface area contributed by atoms with Gasteiger partial charge < -0.3 is 20.2 Å². The molecule has 1 atom stereocenters. The van der Waals surface area contributed by atoms with Gasteiger partial charge in [0.05, 0.1) is 19.4 Å². The van der Waals surface area contributed by atoms with Crippen molar-refractivity contribution in [3.8, 4) is 5.75 Å². The summed E-state index contributed by atoms with van der Waals surface area (Å²) in [5.74, 6) is 0.212. The van der Waals surface area contributed by atoms with Crippen LogP contribution >= 0.6 is 11.6 Å². The first-order chi connectivity index (χ1) is 12.0. The van der Waals surface area contributed by atoms with Gasteiger partial charge in [-0.25, -0.2) is 4.98 Å². The number of hydrogen-bond donors (Lipinski definition) is 2. The highest BCUT2D eigenvalue weighted by Gasteiger charge is 2.39.